The van der Waals surface area contributed by atoms with E-state index in [0.717, 1.165) is 36.5 Å². The molecular formula is C21H26N2O3. The van der Waals surface area contributed by atoms with E-state index >= 15 is 0 Å². The third-order valence-electron chi connectivity index (χ3n) is 4.73. The molecule has 3 rings (SSSR count). The van der Waals surface area contributed by atoms with Crippen molar-refractivity contribution in [1.29, 1.82) is 0 Å². The molecule has 0 spiro atoms. The predicted molar refractivity (Wildman–Crippen MR) is 103 cm³/mol. The van der Waals surface area contributed by atoms with Crippen molar-refractivity contribution in [3.63, 3.8) is 0 Å². The zero-order valence-electron chi connectivity index (χ0n) is 15.4. The van der Waals surface area contributed by atoms with E-state index in [1.54, 1.807) is 7.11 Å². The minimum atomic E-state index is -0.0465. The summed E-state index contributed by atoms with van der Waals surface area (Å²) in [5.41, 5.74) is 2.75. The van der Waals surface area contributed by atoms with E-state index in [4.69, 9.17) is 9.47 Å². The molecule has 1 amide bonds. The molecule has 2 aromatic carbocycles. The number of hydrogen-bond acceptors (Lipinski definition) is 4. The first-order valence-electron chi connectivity index (χ1n) is 9.09. The van der Waals surface area contributed by atoms with Crippen molar-refractivity contribution >= 4 is 11.6 Å². The van der Waals surface area contributed by atoms with Crippen LogP contribution in [0.15, 0.2) is 48.5 Å². The zero-order chi connectivity index (χ0) is 18.4. The van der Waals surface area contributed by atoms with Gasteiger partial charge in [0.2, 0.25) is 0 Å². The number of para-hydroxylation sites is 1. The number of nitrogens with zero attached hydrogens (tertiary/aromatic N) is 1. The summed E-state index contributed by atoms with van der Waals surface area (Å²) in [7, 11) is 1.65. The Balaban J connectivity index is 1.77. The highest BCUT2D eigenvalue weighted by Crippen LogP contribution is 2.24. The van der Waals surface area contributed by atoms with E-state index in [9.17, 15) is 4.79 Å². The second-order valence-electron chi connectivity index (χ2n) is 6.32. The molecule has 0 radical (unpaired) electrons. The lowest BCUT2D eigenvalue weighted by Gasteiger charge is -2.30. The molecule has 1 fully saturated rings. The number of nitrogens with one attached hydrogen (secondary N) is 1. The number of rotatable bonds is 6. The Bertz CT molecular complexity index is 724. The van der Waals surface area contributed by atoms with Crippen molar-refractivity contribution in [2.24, 2.45) is 0 Å². The molecule has 0 aliphatic carbocycles. The van der Waals surface area contributed by atoms with Gasteiger partial charge in [-0.1, -0.05) is 31.2 Å². The molecule has 1 heterocycles. The van der Waals surface area contributed by atoms with Crippen molar-refractivity contribution in [2.75, 3.05) is 38.3 Å². The van der Waals surface area contributed by atoms with Crippen LogP contribution < -0.4 is 15.0 Å². The van der Waals surface area contributed by atoms with Gasteiger partial charge in [0.15, 0.2) is 0 Å². The van der Waals surface area contributed by atoms with Crippen molar-refractivity contribution in [2.45, 2.75) is 19.4 Å². The summed E-state index contributed by atoms with van der Waals surface area (Å²) >= 11 is 0. The molecular weight excluding hydrogens is 328 g/mol. The van der Waals surface area contributed by atoms with Crippen molar-refractivity contribution in [3.8, 4) is 5.75 Å². The second kappa shape index (κ2) is 8.72. The summed E-state index contributed by atoms with van der Waals surface area (Å²) < 4.78 is 10.6. The Hall–Kier alpha value is -2.53. The average Bonchev–Trinajstić information content (AvgIpc) is 2.72. The molecule has 1 atom stereocenters. The monoisotopic (exact) mass is 354 g/mol. The topological polar surface area (TPSA) is 50.8 Å². The molecule has 1 N–H and O–H groups in total. The second-order valence-corrected chi connectivity index (χ2v) is 6.32. The fourth-order valence-corrected chi connectivity index (χ4v) is 3.24. The number of carbonyl (C=O) groups is 1. The van der Waals surface area contributed by atoms with Crippen LogP contribution in [0.4, 0.5) is 5.69 Å². The lowest BCUT2D eigenvalue weighted by atomic mass is 10.0. The summed E-state index contributed by atoms with van der Waals surface area (Å²) in [4.78, 5) is 15.2. The number of hydrogen-bond donors (Lipinski definition) is 1. The number of ether oxygens (including phenoxy) is 2. The number of anilines is 1. The normalized spacial score (nSPS) is 15.4. The maximum Gasteiger partial charge on any atom is 0.253 e. The first kappa shape index (κ1) is 18.3. The molecule has 0 aromatic heterocycles. The van der Waals surface area contributed by atoms with Gasteiger partial charge in [0.1, 0.15) is 5.75 Å². The smallest absolute Gasteiger partial charge is 0.253 e. The molecule has 138 valence electrons. The first-order valence-corrected chi connectivity index (χ1v) is 9.09. The standard InChI is InChI=1S/C21H26N2O3/c1-3-19(16-8-10-17(25-2)11-9-16)22-21(24)18-6-4-5-7-20(18)23-12-14-26-15-13-23/h4-11,19H,3,12-15H2,1-2H3,(H,22,24). The number of morpholine rings is 1. The Morgan fingerprint density at radius 3 is 2.50 bits per heavy atom. The van der Waals surface area contributed by atoms with E-state index in [1.807, 2.05) is 48.5 Å². The molecule has 0 bridgehead atoms. The lowest BCUT2D eigenvalue weighted by molar-refractivity contribution is 0.0934. The van der Waals surface area contributed by atoms with E-state index in [-0.39, 0.29) is 11.9 Å². The van der Waals surface area contributed by atoms with E-state index in [1.165, 1.54) is 0 Å². The molecule has 2 aromatic rings. The molecule has 5 nitrogen and oxygen atoms in total. The highest BCUT2D eigenvalue weighted by Gasteiger charge is 2.20. The molecule has 5 heteroatoms. The minimum absolute atomic E-state index is 0.0360. The maximum absolute atomic E-state index is 13.0. The summed E-state index contributed by atoms with van der Waals surface area (Å²) in [5.74, 6) is 0.766. The Labute approximate surface area is 154 Å². The molecule has 1 aliphatic heterocycles. The molecule has 1 unspecified atom stereocenters. The van der Waals surface area contributed by atoms with Gasteiger partial charge in [0.25, 0.3) is 5.91 Å². The Morgan fingerprint density at radius 1 is 1.15 bits per heavy atom. The molecule has 26 heavy (non-hydrogen) atoms. The minimum Gasteiger partial charge on any atom is -0.497 e. The first-order chi connectivity index (χ1) is 12.7. The molecule has 1 saturated heterocycles. The van der Waals surface area contributed by atoms with Crippen LogP contribution in [0.5, 0.6) is 5.75 Å². The van der Waals surface area contributed by atoms with Crippen LogP contribution in [0.1, 0.15) is 35.3 Å². The highest BCUT2D eigenvalue weighted by atomic mass is 16.5. The quantitative estimate of drug-likeness (QED) is 0.864. The molecule has 1 aliphatic rings. The fourth-order valence-electron chi connectivity index (χ4n) is 3.24. The number of methoxy groups -OCH3 is 1. The van der Waals surface area contributed by atoms with Crippen LogP contribution in [0.3, 0.4) is 0 Å². The maximum atomic E-state index is 13.0. The fraction of sp³-hybridized carbons (Fsp3) is 0.381. The van der Waals surface area contributed by atoms with Gasteiger partial charge in [0.05, 0.1) is 31.9 Å². The summed E-state index contributed by atoms with van der Waals surface area (Å²) in [5, 5.41) is 3.18. The SMILES string of the molecule is CCC(NC(=O)c1ccccc1N1CCOCC1)c1ccc(OC)cc1. The van der Waals surface area contributed by atoms with Crippen LogP contribution in [0.25, 0.3) is 0 Å². The van der Waals surface area contributed by atoms with Gasteiger partial charge in [-0.25, -0.2) is 0 Å². The predicted octanol–water partition coefficient (Wildman–Crippen LogP) is 3.41. The average molecular weight is 354 g/mol. The molecule has 0 saturated carbocycles. The lowest BCUT2D eigenvalue weighted by Crippen LogP contribution is -2.38. The van der Waals surface area contributed by atoms with Gasteiger partial charge in [0, 0.05) is 18.8 Å². The van der Waals surface area contributed by atoms with Gasteiger partial charge in [-0.15, -0.1) is 0 Å². The van der Waals surface area contributed by atoms with Crippen LogP contribution in [0.2, 0.25) is 0 Å². The van der Waals surface area contributed by atoms with E-state index in [0.29, 0.717) is 18.8 Å². The summed E-state index contributed by atoms with van der Waals surface area (Å²) in [6.07, 6.45) is 0.817. The number of amides is 1. The van der Waals surface area contributed by atoms with Gasteiger partial charge in [-0.3, -0.25) is 4.79 Å². The van der Waals surface area contributed by atoms with Crippen molar-refractivity contribution in [3.05, 3.63) is 59.7 Å². The summed E-state index contributed by atoms with van der Waals surface area (Å²) in [6.45, 7) is 5.07. The number of benzene rings is 2. The Morgan fingerprint density at radius 2 is 1.85 bits per heavy atom. The van der Waals surface area contributed by atoms with E-state index in [2.05, 4.69) is 17.1 Å². The van der Waals surface area contributed by atoms with Crippen molar-refractivity contribution in [1.82, 2.24) is 5.32 Å². The summed E-state index contributed by atoms with van der Waals surface area (Å²) in [6, 6.07) is 15.6. The van der Waals surface area contributed by atoms with Crippen LogP contribution in [0, 0.1) is 0 Å². The van der Waals surface area contributed by atoms with Crippen LogP contribution in [-0.2, 0) is 4.74 Å². The van der Waals surface area contributed by atoms with Gasteiger partial charge >= 0.3 is 0 Å². The Kier molecular flexibility index (Phi) is 6.12. The highest BCUT2D eigenvalue weighted by molar-refractivity contribution is 6.00. The number of carbonyl (C=O) groups excluding carboxylic acids is 1. The van der Waals surface area contributed by atoms with Gasteiger partial charge in [-0.05, 0) is 36.2 Å². The largest absolute Gasteiger partial charge is 0.497 e. The van der Waals surface area contributed by atoms with Crippen molar-refractivity contribution < 1.29 is 14.3 Å². The van der Waals surface area contributed by atoms with Crippen LogP contribution in [-0.4, -0.2) is 39.3 Å². The van der Waals surface area contributed by atoms with Gasteiger partial charge < -0.3 is 19.7 Å². The van der Waals surface area contributed by atoms with Crippen LogP contribution >= 0.6 is 0 Å². The third-order valence-corrected chi connectivity index (χ3v) is 4.73. The van der Waals surface area contributed by atoms with E-state index < -0.39 is 0 Å². The third kappa shape index (κ3) is 4.17. The zero-order valence-corrected chi connectivity index (χ0v) is 15.4. The van der Waals surface area contributed by atoms with Gasteiger partial charge in [-0.2, -0.15) is 0 Å².